The minimum absolute atomic E-state index is 0.270. The van der Waals surface area contributed by atoms with Gasteiger partial charge in [0.05, 0.1) is 0 Å². The summed E-state index contributed by atoms with van der Waals surface area (Å²) in [6, 6.07) is 19.9. The van der Waals surface area contributed by atoms with E-state index in [1.54, 1.807) is 11.8 Å². The molecule has 0 aliphatic rings. The van der Waals surface area contributed by atoms with Crippen molar-refractivity contribution in [1.29, 1.82) is 0 Å². The molecule has 0 radical (unpaired) electrons. The van der Waals surface area contributed by atoms with Gasteiger partial charge in [0.25, 0.3) is 0 Å². The van der Waals surface area contributed by atoms with Gasteiger partial charge in [-0.15, -0.1) is 11.8 Å². The molecule has 122 valence electrons. The molecule has 0 aliphatic heterocycles. The largest absolute Gasteiger partial charge is 0.368 e. The fraction of sp³-hybridized carbons (Fsp3) is 0.111. The van der Waals surface area contributed by atoms with Crippen LogP contribution in [0.1, 0.15) is 11.1 Å². The van der Waals surface area contributed by atoms with Crippen molar-refractivity contribution < 1.29 is 0 Å². The number of nitrogens with one attached hydrogen (secondary N) is 1. The van der Waals surface area contributed by atoms with Crippen molar-refractivity contribution in [2.75, 3.05) is 11.1 Å². The van der Waals surface area contributed by atoms with Crippen LogP contribution in [0.5, 0.6) is 0 Å². The lowest BCUT2D eigenvalue weighted by Crippen LogP contribution is -2.05. The molecule has 24 heavy (non-hydrogen) atoms. The Kier molecular flexibility index (Phi) is 5.56. The third kappa shape index (κ3) is 4.88. The SMILES string of the molecule is Nc1nc(NCc2ccccc2)cc(SCc2ccc(Cl)cc2)n1. The molecular weight excluding hydrogens is 340 g/mol. The normalized spacial score (nSPS) is 10.5. The molecule has 0 spiro atoms. The minimum Gasteiger partial charge on any atom is -0.368 e. The summed E-state index contributed by atoms with van der Waals surface area (Å²) in [7, 11) is 0. The summed E-state index contributed by atoms with van der Waals surface area (Å²) in [6.07, 6.45) is 0. The zero-order valence-corrected chi connectivity index (χ0v) is 14.5. The van der Waals surface area contributed by atoms with Crippen molar-refractivity contribution >= 4 is 35.1 Å². The molecule has 4 nitrogen and oxygen atoms in total. The van der Waals surface area contributed by atoms with Gasteiger partial charge in [-0.3, -0.25) is 0 Å². The average Bonchev–Trinajstić information content (AvgIpc) is 2.60. The van der Waals surface area contributed by atoms with Crippen LogP contribution in [0.4, 0.5) is 11.8 Å². The molecule has 1 heterocycles. The third-order valence-corrected chi connectivity index (χ3v) is 4.57. The smallest absolute Gasteiger partial charge is 0.223 e. The van der Waals surface area contributed by atoms with E-state index in [2.05, 4.69) is 27.4 Å². The Labute approximate surface area is 150 Å². The number of nitrogens with zero attached hydrogens (tertiary/aromatic N) is 2. The van der Waals surface area contributed by atoms with Gasteiger partial charge in [-0.25, -0.2) is 4.98 Å². The predicted molar refractivity (Wildman–Crippen MR) is 101 cm³/mol. The van der Waals surface area contributed by atoms with Gasteiger partial charge < -0.3 is 11.1 Å². The molecule has 3 aromatic rings. The van der Waals surface area contributed by atoms with Crippen LogP contribution >= 0.6 is 23.4 Å². The molecule has 0 fully saturated rings. The van der Waals surface area contributed by atoms with E-state index in [1.165, 1.54) is 11.1 Å². The molecule has 0 atom stereocenters. The molecule has 0 bridgehead atoms. The van der Waals surface area contributed by atoms with Crippen LogP contribution in [0.25, 0.3) is 0 Å². The first-order chi connectivity index (χ1) is 11.7. The summed E-state index contributed by atoms with van der Waals surface area (Å²) < 4.78 is 0. The lowest BCUT2D eigenvalue weighted by Gasteiger charge is -2.08. The van der Waals surface area contributed by atoms with E-state index < -0.39 is 0 Å². The van der Waals surface area contributed by atoms with Crippen molar-refractivity contribution in [2.24, 2.45) is 0 Å². The fourth-order valence-corrected chi connectivity index (χ4v) is 3.12. The van der Waals surface area contributed by atoms with Crippen molar-refractivity contribution in [3.05, 3.63) is 76.8 Å². The van der Waals surface area contributed by atoms with E-state index in [1.807, 2.05) is 48.5 Å². The van der Waals surface area contributed by atoms with Crippen LogP contribution in [0, 0.1) is 0 Å². The molecular formula is C18H17ClN4S. The number of anilines is 2. The molecule has 6 heteroatoms. The number of benzene rings is 2. The van der Waals surface area contributed by atoms with Gasteiger partial charge in [-0.2, -0.15) is 4.98 Å². The summed E-state index contributed by atoms with van der Waals surface area (Å²) in [5.74, 6) is 1.79. The zero-order valence-electron chi connectivity index (χ0n) is 12.9. The highest BCUT2D eigenvalue weighted by molar-refractivity contribution is 7.98. The summed E-state index contributed by atoms with van der Waals surface area (Å²) in [4.78, 5) is 8.53. The van der Waals surface area contributed by atoms with E-state index in [0.29, 0.717) is 6.54 Å². The van der Waals surface area contributed by atoms with Crippen molar-refractivity contribution in [3.8, 4) is 0 Å². The summed E-state index contributed by atoms with van der Waals surface area (Å²) in [5.41, 5.74) is 8.19. The van der Waals surface area contributed by atoms with Gasteiger partial charge in [0.1, 0.15) is 10.8 Å². The molecule has 0 aliphatic carbocycles. The van der Waals surface area contributed by atoms with Crippen LogP contribution in [0.3, 0.4) is 0 Å². The van der Waals surface area contributed by atoms with Crippen LogP contribution in [-0.2, 0) is 12.3 Å². The van der Waals surface area contributed by atoms with Gasteiger partial charge in [0.15, 0.2) is 0 Å². The highest BCUT2D eigenvalue weighted by Crippen LogP contribution is 2.24. The zero-order chi connectivity index (χ0) is 16.8. The summed E-state index contributed by atoms with van der Waals surface area (Å²) in [6.45, 7) is 0.693. The summed E-state index contributed by atoms with van der Waals surface area (Å²) >= 11 is 7.52. The van der Waals surface area contributed by atoms with Crippen LogP contribution < -0.4 is 11.1 Å². The van der Waals surface area contributed by atoms with Gasteiger partial charge in [0, 0.05) is 23.4 Å². The van der Waals surface area contributed by atoms with E-state index in [9.17, 15) is 0 Å². The Bertz CT molecular complexity index is 794. The quantitative estimate of drug-likeness (QED) is 0.498. The first kappa shape index (κ1) is 16.6. The van der Waals surface area contributed by atoms with E-state index in [0.717, 1.165) is 21.6 Å². The highest BCUT2D eigenvalue weighted by atomic mass is 35.5. The summed E-state index contributed by atoms with van der Waals surface area (Å²) in [5, 5.41) is 4.87. The standard InChI is InChI=1S/C18H17ClN4S/c19-15-8-6-14(7-9-15)12-24-17-10-16(22-18(20)23-17)21-11-13-4-2-1-3-5-13/h1-10H,11-12H2,(H3,20,21,22,23). The predicted octanol–water partition coefficient (Wildman–Crippen LogP) is 4.62. The van der Waals surface area contributed by atoms with Crippen LogP contribution in [-0.4, -0.2) is 9.97 Å². The molecule has 0 saturated heterocycles. The molecule has 3 rings (SSSR count). The Morgan fingerprint density at radius 3 is 2.46 bits per heavy atom. The number of rotatable bonds is 6. The minimum atomic E-state index is 0.270. The first-order valence-corrected chi connectivity index (χ1v) is 8.85. The number of halogens is 1. The maximum atomic E-state index is 5.90. The number of nitrogen functional groups attached to an aromatic ring is 1. The van der Waals surface area contributed by atoms with Crippen LogP contribution in [0.2, 0.25) is 5.02 Å². The monoisotopic (exact) mass is 356 g/mol. The highest BCUT2D eigenvalue weighted by Gasteiger charge is 2.04. The number of hydrogen-bond donors (Lipinski definition) is 2. The Morgan fingerprint density at radius 2 is 1.71 bits per heavy atom. The molecule has 2 aromatic carbocycles. The lowest BCUT2D eigenvalue weighted by molar-refractivity contribution is 1.03. The molecule has 0 amide bonds. The third-order valence-electron chi connectivity index (χ3n) is 3.34. The maximum absolute atomic E-state index is 5.90. The number of aromatic nitrogens is 2. The van der Waals surface area contributed by atoms with Gasteiger partial charge in [-0.05, 0) is 23.3 Å². The maximum Gasteiger partial charge on any atom is 0.223 e. The van der Waals surface area contributed by atoms with Gasteiger partial charge >= 0.3 is 0 Å². The second-order valence-electron chi connectivity index (χ2n) is 5.20. The molecule has 3 N–H and O–H groups in total. The molecule has 0 saturated carbocycles. The fourth-order valence-electron chi connectivity index (χ4n) is 2.13. The van der Waals surface area contributed by atoms with Crippen LogP contribution in [0.15, 0.2) is 65.7 Å². The Balaban J connectivity index is 1.63. The van der Waals surface area contributed by atoms with Crippen molar-refractivity contribution in [1.82, 2.24) is 9.97 Å². The topological polar surface area (TPSA) is 63.8 Å². The molecule has 1 aromatic heterocycles. The number of hydrogen-bond acceptors (Lipinski definition) is 5. The lowest BCUT2D eigenvalue weighted by atomic mass is 10.2. The van der Waals surface area contributed by atoms with Gasteiger partial charge in [0.2, 0.25) is 5.95 Å². The van der Waals surface area contributed by atoms with Crippen molar-refractivity contribution in [3.63, 3.8) is 0 Å². The number of nitrogens with two attached hydrogens (primary N) is 1. The Hall–Kier alpha value is -2.24. The van der Waals surface area contributed by atoms with E-state index >= 15 is 0 Å². The van der Waals surface area contributed by atoms with E-state index in [-0.39, 0.29) is 5.95 Å². The van der Waals surface area contributed by atoms with Gasteiger partial charge in [-0.1, -0.05) is 54.1 Å². The second-order valence-corrected chi connectivity index (χ2v) is 6.64. The molecule has 0 unspecified atom stereocenters. The first-order valence-electron chi connectivity index (χ1n) is 7.48. The van der Waals surface area contributed by atoms with Crippen molar-refractivity contribution in [2.45, 2.75) is 17.3 Å². The van der Waals surface area contributed by atoms with E-state index in [4.69, 9.17) is 17.3 Å². The number of thioether (sulfide) groups is 1. The average molecular weight is 357 g/mol. The Morgan fingerprint density at radius 1 is 0.958 bits per heavy atom. The second kappa shape index (κ2) is 8.04.